The number of aromatic nitrogens is 11. The summed E-state index contributed by atoms with van der Waals surface area (Å²) in [7, 11) is 10.1. The second-order valence-electron chi connectivity index (χ2n) is 28.2. The van der Waals surface area contributed by atoms with Gasteiger partial charge < -0.3 is 109 Å². The van der Waals surface area contributed by atoms with Crippen LogP contribution in [0.3, 0.4) is 0 Å². The number of carbonyl (C=O) groups excluding carboxylic acids is 9. The Bertz CT molecular complexity index is 5020. The van der Waals surface area contributed by atoms with E-state index < -0.39 is 47.4 Å². The first kappa shape index (κ1) is 90.5. The number of aryl methyl sites for hydroxylation is 7. The van der Waals surface area contributed by atoms with Crippen LogP contribution >= 0.6 is 22.9 Å². The summed E-state index contributed by atoms with van der Waals surface area (Å²) in [5, 5.41) is 38.5. The van der Waals surface area contributed by atoms with Gasteiger partial charge >= 0.3 is 0 Å². The van der Waals surface area contributed by atoms with Gasteiger partial charge in [0, 0.05) is 151 Å². The normalized spacial score (nSPS) is 12.3. The molecule has 0 bridgehead atoms. The topological polar surface area (TPSA) is 439 Å². The SMILES string of the molecule is Cc1sc2c(c1C)C(c1ccc(Cl)cc1)=N[C@@H](CC(=O)Nc1ccc(OCCOCCOCCOCCOCCOCCNCCCN(C)CCCNC(=O)CCNC(=O)c3nc(NC(=O)CCNC(=O)c4cc(NC(=O)c5nc(NC(=O)CCNC(=O)c6cc(NC(=O)c7nccn7C)cn6C)cn5C)cn4C)cn3C)cc1)c1nnc(C)n1-2. The van der Waals surface area contributed by atoms with Gasteiger partial charge in [0.2, 0.25) is 35.3 Å². The number of rotatable bonds is 49. The number of carbonyl (C=O) groups is 9. The minimum atomic E-state index is -0.635. The predicted octanol–water partition coefficient (Wildman–Crippen LogP) is 5.43. The number of imidazole rings is 3. The van der Waals surface area contributed by atoms with Crippen LogP contribution in [-0.2, 0) is 78.1 Å². The molecule has 8 heterocycles. The number of hydrogen-bond donors (Lipinski definition) is 10. The number of anilines is 5. The maximum Gasteiger partial charge on any atom is 0.291 e. The summed E-state index contributed by atoms with van der Waals surface area (Å²) in [4.78, 5) is 138. The lowest BCUT2D eigenvalue weighted by atomic mass is 9.99. The number of thiophene rings is 1. The van der Waals surface area contributed by atoms with Gasteiger partial charge in [0.25, 0.3) is 29.5 Å². The fourth-order valence-corrected chi connectivity index (χ4v) is 13.9. The Hall–Kier alpha value is -11.8. The van der Waals surface area contributed by atoms with Crippen LogP contribution in [0.4, 0.5) is 28.7 Å². The predicted molar refractivity (Wildman–Crippen MR) is 450 cm³/mol. The van der Waals surface area contributed by atoms with E-state index in [1.165, 1.54) is 60.1 Å². The smallest absolute Gasteiger partial charge is 0.291 e. The number of amides is 9. The lowest BCUT2D eigenvalue weighted by Gasteiger charge is -2.17. The highest BCUT2D eigenvalue weighted by Gasteiger charge is 2.33. The summed E-state index contributed by atoms with van der Waals surface area (Å²) >= 11 is 7.92. The Morgan fingerprint density at radius 3 is 1.57 bits per heavy atom. The molecule has 10 rings (SSSR count). The summed E-state index contributed by atoms with van der Waals surface area (Å²) in [5.74, 6) is -1.68. The van der Waals surface area contributed by atoms with E-state index in [4.69, 9.17) is 45.0 Å². The van der Waals surface area contributed by atoms with Crippen molar-refractivity contribution in [3.05, 3.63) is 165 Å². The van der Waals surface area contributed by atoms with Crippen molar-refractivity contribution in [1.82, 2.24) is 84.0 Å². The molecule has 1 atom stereocenters. The largest absolute Gasteiger partial charge is 0.491 e. The van der Waals surface area contributed by atoms with Crippen molar-refractivity contribution in [2.24, 2.45) is 40.2 Å². The fourth-order valence-electron chi connectivity index (χ4n) is 12.6. The number of fused-ring (bicyclic) bond motifs is 3. The van der Waals surface area contributed by atoms with Crippen LogP contribution < -0.4 is 57.9 Å². The van der Waals surface area contributed by atoms with Gasteiger partial charge in [-0.1, -0.05) is 23.7 Å². The molecular weight excluding hydrogens is 1590 g/mol. The van der Waals surface area contributed by atoms with Gasteiger partial charge in [-0.25, -0.2) is 15.0 Å². The van der Waals surface area contributed by atoms with E-state index in [9.17, 15) is 43.2 Å². The number of nitrogens with zero attached hydrogens (tertiary/aromatic N) is 13. The van der Waals surface area contributed by atoms with Gasteiger partial charge in [-0.05, 0) is 114 Å². The van der Waals surface area contributed by atoms with Crippen LogP contribution in [0.2, 0.25) is 5.02 Å². The molecule has 9 aromatic rings. The van der Waals surface area contributed by atoms with Crippen LogP contribution in [0.5, 0.6) is 5.75 Å². The zero-order valence-electron chi connectivity index (χ0n) is 68.7. The van der Waals surface area contributed by atoms with E-state index in [2.05, 4.69) is 97.1 Å². The van der Waals surface area contributed by atoms with E-state index in [-0.39, 0.29) is 103 Å². The molecular formula is C80H104ClN23O15S. The lowest BCUT2D eigenvalue weighted by molar-refractivity contribution is -0.121. The van der Waals surface area contributed by atoms with Crippen molar-refractivity contribution in [2.45, 2.75) is 65.3 Å². The van der Waals surface area contributed by atoms with Crippen LogP contribution in [0.25, 0.3) is 5.00 Å². The molecule has 9 amide bonds. The molecule has 0 saturated heterocycles. The molecule has 0 unspecified atom stereocenters. The fraction of sp³-hybridized carbons (Fsp3) is 0.438. The quantitative estimate of drug-likeness (QED) is 0.0213. The summed E-state index contributed by atoms with van der Waals surface area (Å²) in [6, 6.07) is 17.1. The third-order valence-electron chi connectivity index (χ3n) is 18.8. The van der Waals surface area contributed by atoms with Gasteiger partial charge in [0.15, 0.2) is 23.3 Å². The zero-order valence-corrected chi connectivity index (χ0v) is 70.3. The highest BCUT2D eigenvalue weighted by atomic mass is 35.5. The third kappa shape index (κ3) is 26.8. The van der Waals surface area contributed by atoms with Gasteiger partial charge in [-0.15, -0.1) is 21.5 Å². The Balaban J connectivity index is 0.474. The molecule has 120 heavy (non-hydrogen) atoms. The van der Waals surface area contributed by atoms with Crippen molar-refractivity contribution in [1.29, 1.82) is 0 Å². The van der Waals surface area contributed by atoms with E-state index in [0.29, 0.717) is 107 Å². The van der Waals surface area contributed by atoms with Crippen LogP contribution in [-0.4, -0.2) is 248 Å². The molecule has 38 nitrogen and oxygen atoms in total. The van der Waals surface area contributed by atoms with Crippen LogP contribution in [0.1, 0.15) is 131 Å². The molecule has 0 saturated carbocycles. The number of nitrogens with one attached hydrogen (secondary N) is 10. The molecule has 10 N–H and O–H groups in total. The molecule has 0 aliphatic carbocycles. The van der Waals surface area contributed by atoms with Crippen LogP contribution in [0, 0.1) is 20.8 Å². The lowest BCUT2D eigenvalue weighted by Crippen LogP contribution is -2.33. The summed E-state index contributed by atoms with van der Waals surface area (Å²) in [5.41, 5.74) is 5.50. The number of halogens is 1. The molecule has 0 spiro atoms. The second-order valence-corrected chi connectivity index (χ2v) is 29.8. The molecule has 642 valence electrons. The number of hydrogen-bond acceptors (Lipinski definition) is 24. The highest BCUT2D eigenvalue weighted by molar-refractivity contribution is 7.15. The Labute approximate surface area is 702 Å². The number of aliphatic imine (C=N–C) groups is 1. The van der Waals surface area contributed by atoms with Crippen molar-refractivity contribution < 1.29 is 71.6 Å². The van der Waals surface area contributed by atoms with Gasteiger partial charge in [0.1, 0.15) is 40.6 Å². The minimum absolute atomic E-state index is 0.0134. The standard InChI is InChI=1S/C80H104ClN23O15S/c1-51-52(2)120-80-69(51)70(54-12-14-55(81)15-13-54)91-60(71-97-96-53(3)104(71)80)46-68(108)88-56-16-18-59(19-17-56)119-43-42-118-41-40-117-39-38-116-37-36-115-35-34-114-33-29-82-23-10-30-98(4)31-11-24-83-65(105)20-25-87-77(111)73-94-63(49-102(73)8)92-66(106)21-26-86-76(110)62-45-58(48-101(62)7)90-79(113)74-95-64(50-103(74)9)93-67(107)22-27-85-75(109)61-44-57(47-100(61)6)89-78(112)72-84-28-32-99(72)5/h12-19,28,32,44-45,47-50,60,82H,10-11,20-27,29-31,33-43,46H2,1-9H3,(H,83,105)(H,85,109)(H,86,110)(H,87,111)(H,88,108)(H,89,112)(H,90,113)(H,92,106)(H,93,107)/t60-/m0/s1. The molecule has 2 aromatic carbocycles. The molecule has 7 aromatic heterocycles. The van der Waals surface area contributed by atoms with Crippen molar-refractivity contribution >= 4 is 111 Å². The third-order valence-corrected chi connectivity index (χ3v) is 20.3. The van der Waals surface area contributed by atoms with E-state index >= 15 is 0 Å². The van der Waals surface area contributed by atoms with Crippen molar-refractivity contribution in [3.63, 3.8) is 0 Å². The molecule has 40 heteroatoms. The maximum absolute atomic E-state index is 13.6. The maximum atomic E-state index is 13.6. The summed E-state index contributed by atoms with van der Waals surface area (Å²) in [6.07, 6.45) is 10.7. The number of ether oxygens (including phenoxy) is 6. The summed E-state index contributed by atoms with van der Waals surface area (Å²) < 4.78 is 43.5. The first-order valence-electron chi connectivity index (χ1n) is 39.2. The van der Waals surface area contributed by atoms with E-state index in [1.54, 1.807) is 87.8 Å². The average molecular weight is 1700 g/mol. The van der Waals surface area contributed by atoms with Gasteiger partial charge in [0.05, 0.1) is 89.6 Å². The van der Waals surface area contributed by atoms with E-state index in [0.717, 1.165) is 72.2 Å². The summed E-state index contributed by atoms with van der Waals surface area (Å²) in [6.45, 7) is 14.6. The molecule has 0 radical (unpaired) electrons. The first-order valence-corrected chi connectivity index (χ1v) is 40.4. The van der Waals surface area contributed by atoms with Crippen molar-refractivity contribution in [3.8, 4) is 10.8 Å². The second kappa shape index (κ2) is 45.4. The number of benzene rings is 2. The first-order chi connectivity index (χ1) is 57.8. The van der Waals surface area contributed by atoms with E-state index in [1.807, 2.05) is 42.8 Å². The Morgan fingerprint density at radius 1 is 0.500 bits per heavy atom. The van der Waals surface area contributed by atoms with Crippen LogP contribution in [0.15, 0.2) is 103 Å². The molecule has 1 aliphatic heterocycles. The monoisotopic (exact) mass is 1690 g/mol. The Kier molecular flexibility index (Phi) is 34.2. The van der Waals surface area contributed by atoms with Crippen molar-refractivity contribution in [2.75, 3.05) is 159 Å². The molecule has 0 fully saturated rings. The van der Waals surface area contributed by atoms with Gasteiger partial charge in [-0.2, -0.15) is 0 Å². The minimum Gasteiger partial charge on any atom is -0.491 e. The van der Waals surface area contributed by atoms with Gasteiger partial charge in [-0.3, -0.25) is 52.7 Å². The average Bonchev–Trinajstić information content (AvgIpc) is 1.59. The molecule has 1 aliphatic rings. The zero-order chi connectivity index (χ0) is 85.6. The Morgan fingerprint density at radius 2 is 1.02 bits per heavy atom. The highest BCUT2D eigenvalue weighted by Crippen LogP contribution is 2.40.